The van der Waals surface area contributed by atoms with E-state index in [1.165, 1.54) is 29.8 Å². The third-order valence-electron chi connectivity index (χ3n) is 3.92. The van der Waals surface area contributed by atoms with Gasteiger partial charge in [-0.15, -0.1) is 0 Å². The van der Waals surface area contributed by atoms with Crippen LogP contribution in [0.5, 0.6) is 0 Å². The fourth-order valence-electron chi connectivity index (χ4n) is 2.88. The first-order chi connectivity index (χ1) is 10.2. The Balaban J connectivity index is 2.10. The Morgan fingerprint density at radius 2 is 1.14 bits per heavy atom. The molecule has 2 aromatic rings. The molecule has 2 aromatic carbocycles. The smallest absolute Gasteiger partial charge is 0.123 e. The SMILES string of the molecule is Fc1ccc(C(=C2CC[NH2+]CC2)c2ccc(F)cc2)cc1. The Kier molecular flexibility index (Phi) is 4.11. The van der Waals surface area contributed by atoms with E-state index in [1.54, 1.807) is 24.3 Å². The van der Waals surface area contributed by atoms with Gasteiger partial charge in [-0.2, -0.15) is 0 Å². The van der Waals surface area contributed by atoms with Crippen LogP contribution in [0.15, 0.2) is 54.1 Å². The van der Waals surface area contributed by atoms with E-state index in [2.05, 4.69) is 5.32 Å². The van der Waals surface area contributed by atoms with Gasteiger partial charge in [0.1, 0.15) is 11.6 Å². The molecule has 1 aliphatic heterocycles. The maximum Gasteiger partial charge on any atom is 0.123 e. The molecule has 0 aliphatic carbocycles. The first-order valence-electron chi connectivity index (χ1n) is 7.29. The average molecular weight is 286 g/mol. The maximum atomic E-state index is 13.2. The minimum Gasteiger partial charge on any atom is -0.346 e. The fraction of sp³-hybridized carbons (Fsp3) is 0.222. The van der Waals surface area contributed by atoms with Crippen LogP contribution < -0.4 is 5.32 Å². The van der Waals surface area contributed by atoms with Crippen molar-refractivity contribution in [3.63, 3.8) is 0 Å². The van der Waals surface area contributed by atoms with Crippen LogP contribution >= 0.6 is 0 Å². The van der Waals surface area contributed by atoms with Gasteiger partial charge < -0.3 is 5.32 Å². The van der Waals surface area contributed by atoms with Crippen LogP contribution in [-0.2, 0) is 0 Å². The van der Waals surface area contributed by atoms with Crippen molar-refractivity contribution < 1.29 is 14.1 Å². The van der Waals surface area contributed by atoms with E-state index in [-0.39, 0.29) is 11.6 Å². The van der Waals surface area contributed by atoms with Crippen LogP contribution in [0.3, 0.4) is 0 Å². The highest BCUT2D eigenvalue weighted by Gasteiger charge is 2.16. The zero-order chi connectivity index (χ0) is 14.7. The van der Waals surface area contributed by atoms with Gasteiger partial charge in [-0.1, -0.05) is 29.8 Å². The Morgan fingerprint density at radius 1 is 0.714 bits per heavy atom. The number of piperidine rings is 1. The lowest BCUT2D eigenvalue weighted by atomic mass is 9.89. The second-order valence-corrected chi connectivity index (χ2v) is 5.36. The Morgan fingerprint density at radius 3 is 1.57 bits per heavy atom. The molecule has 0 bridgehead atoms. The van der Waals surface area contributed by atoms with Crippen LogP contribution in [0.2, 0.25) is 0 Å². The monoisotopic (exact) mass is 286 g/mol. The number of hydrogen-bond acceptors (Lipinski definition) is 0. The third kappa shape index (κ3) is 3.19. The van der Waals surface area contributed by atoms with Gasteiger partial charge in [0.2, 0.25) is 0 Å². The number of hydrogen-bond donors (Lipinski definition) is 1. The van der Waals surface area contributed by atoms with Crippen LogP contribution in [0, 0.1) is 11.6 Å². The molecule has 1 saturated heterocycles. The van der Waals surface area contributed by atoms with Crippen molar-refractivity contribution in [3.05, 3.63) is 76.9 Å². The molecule has 0 spiro atoms. The predicted octanol–water partition coefficient (Wildman–Crippen LogP) is 3.12. The van der Waals surface area contributed by atoms with Gasteiger partial charge in [-0.05, 0) is 41.0 Å². The molecule has 0 unspecified atom stereocenters. The van der Waals surface area contributed by atoms with Gasteiger partial charge in [0.25, 0.3) is 0 Å². The summed E-state index contributed by atoms with van der Waals surface area (Å²) < 4.78 is 26.4. The predicted molar refractivity (Wildman–Crippen MR) is 79.7 cm³/mol. The summed E-state index contributed by atoms with van der Waals surface area (Å²) in [6, 6.07) is 13.1. The molecular weight excluding hydrogens is 268 g/mol. The van der Waals surface area contributed by atoms with E-state index in [1.807, 2.05) is 0 Å². The summed E-state index contributed by atoms with van der Waals surface area (Å²) in [7, 11) is 0. The van der Waals surface area contributed by atoms with Gasteiger partial charge in [0.05, 0.1) is 13.1 Å². The summed E-state index contributed by atoms with van der Waals surface area (Å²) in [5, 5.41) is 2.30. The molecule has 108 valence electrons. The topological polar surface area (TPSA) is 16.6 Å². The van der Waals surface area contributed by atoms with Crippen LogP contribution in [0.4, 0.5) is 8.78 Å². The zero-order valence-corrected chi connectivity index (χ0v) is 11.8. The van der Waals surface area contributed by atoms with Gasteiger partial charge in [0, 0.05) is 12.8 Å². The molecular formula is C18H18F2N+. The van der Waals surface area contributed by atoms with E-state index in [9.17, 15) is 8.78 Å². The Labute approximate surface area is 123 Å². The van der Waals surface area contributed by atoms with E-state index in [0.29, 0.717) is 0 Å². The number of quaternary nitrogens is 1. The van der Waals surface area contributed by atoms with Crippen molar-refractivity contribution >= 4 is 5.57 Å². The number of benzene rings is 2. The standard InChI is InChI=1S/C18H17F2N/c19-16-5-1-13(2-6-16)18(15-9-11-21-12-10-15)14-3-7-17(20)8-4-14/h1-8,21H,9-12H2/p+1. The normalized spacial score (nSPS) is 15.0. The van der Waals surface area contributed by atoms with Crippen LogP contribution in [-0.4, -0.2) is 13.1 Å². The molecule has 0 atom stereocenters. The summed E-state index contributed by atoms with van der Waals surface area (Å²) in [5.41, 5.74) is 4.50. The second kappa shape index (κ2) is 6.19. The van der Waals surface area contributed by atoms with Crippen LogP contribution in [0.25, 0.3) is 5.57 Å². The summed E-state index contributed by atoms with van der Waals surface area (Å²) >= 11 is 0. The first kappa shape index (κ1) is 14.0. The van der Waals surface area contributed by atoms with Crippen molar-refractivity contribution in [1.82, 2.24) is 0 Å². The van der Waals surface area contributed by atoms with Crippen LogP contribution in [0.1, 0.15) is 24.0 Å². The van der Waals surface area contributed by atoms with Gasteiger partial charge in [-0.3, -0.25) is 0 Å². The molecule has 0 saturated carbocycles. The van der Waals surface area contributed by atoms with E-state index in [0.717, 1.165) is 42.6 Å². The van der Waals surface area contributed by atoms with E-state index < -0.39 is 0 Å². The molecule has 3 heteroatoms. The van der Waals surface area contributed by atoms with Crippen molar-refractivity contribution in [2.24, 2.45) is 0 Å². The first-order valence-corrected chi connectivity index (χ1v) is 7.29. The molecule has 1 aliphatic rings. The van der Waals surface area contributed by atoms with Crippen molar-refractivity contribution in [2.45, 2.75) is 12.8 Å². The molecule has 0 radical (unpaired) electrons. The maximum absolute atomic E-state index is 13.2. The minimum atomic E-state index is -0.237. The minimum absolute atomic E-state index is 0.237. The fourth-order valence-corrected chi connectivity index (χ4v) is 2.88. The molecule has 1 heterocycles. The lowest BCUT2D eigenvalue weighted by molar-refractivity contribution is -0.658. The van der Waals surface area contributed by atoms with Gasteiger partial charge >= 0.3 is 0 Å². The second-order valence-electron chi connectivity index (χ2n) is 5.36. The molecule has 2 N–H and O–H groups in total. The zero-order valence-electron chi connectivity index (χ0n) is 11.8. The summed E-state index contributed by atoms with van der Waals surface area (Å²) in [4.78, 5) is 0. The number of nitrogens with two attached hydrogens (primary N) is 1. The van der Waals surface area contributed by atoms with E-state index >= 15 is 0 Å². The Hall–Kier alpha value is -2.00. The molecule has 21 heavy (non-hydrogen) atoms. The third-order valence-corrected chi connectivity index (χ3v) is 3.92. The highest BCUT2D eigenvalue weighted by Crippen LogP contribution is 2.30. The lowest BCUT2D eigenvalue weighted by Crippen LogP contribution is -2.85. The quantitative estimate of drug-likeness (QED) is 0.873. The van der Waals surface area contributed by atoms with Crippen molar-refractivity contribution in [2.75, 3.05) is 13.1 Å². The molecule has 0 amide bonds. The Bertz CT molecular complexity index is 586. The van der Waals surface area contributed by atoms with E-state index in [4.69, 9.17) is 0 Å². The van der Waals surface area contributed by atoms with Gasteiger partial charge in [0.15, 0.2) is 0 Å². The summed E-state index contributed by atoms with van der Waals surface area (Å²) in [5.74, 6) is -0.474. The molecule has 3 rings (SSSR count). The largest absolute Gasteiger partial charge is 0.346 e. The molecule has 0 aromatic heterocycles. The van der Waals surface area contributed by atoms with Crippen molar-refractivity contribution in [1.29, 1.82) is 0 Å². The number of halogens is 2. The number of rotatable bonds is 2. The highest BCUT2D eigenvalue weighted by atomic mass is 19.1. The molecule has 1 fully saturated rings. The van der Waals surface area contributed by atoms with Gasteiger partial charge in [-0.25, -0.2) is 8.78 Å². The summed E-state index contributed by atoms with van der Waals surface area (Å²) in [6.07, 6.45) is 2.04. The lowest BCUT2D eigenvalue weighted by Gasteiger charge is -2.19. The van der Waals surface area contributed by atoms with Crippen molar-refractivity contribution in [3.8, 4) is 0 Å². The summed E-state index contributed by atoms with van der Waals surface area (Å²) in [6.45, 7) is 2.14. The highest BCUT2D eigenvalue weighted by molar-refractivity contribution is 5.82. The molecule has 1 nitrogen and oxygen atoms in total. The average Bonchev–Trinajstić information content (AvgIpc) is 2.52.